The van der Waals surface area contributed by atoms with Crippen molar-refractivity contribution >= 4 is 0 Å². The Balaban J connectivity index is 2.37. The minimum Gasteiger partial charge on any atom is -0.275 e. The smallest absolute Gasteiger partial charge is 0.0968 e. The average Bonchev–Trinajstić information content (AvgIpc) is 2.72. The lowest BCUT2D eigenvalue weighted by atomic mass is 10.0. The molecule has 0 spiro atoms. The summed E-state index contributed by atoms with van der Waals surface area (Å²) in [4.78, 5) is 0. The first kappa shape index (κ1) is 6.89. The molecule has 0 amide bonds. The first-order valence-corrected chi connectivity index (χ1v) is 4.43. The van der Waals surface area contributed by atoms with Crippen LogP contribution < -0.4 is 0 Å². The van der Waals surface area contributed by atoms with E-state index in [9.17, 15) is 0 Å². The van der Waals surface area contributed by atoms with Crippen molar-refractivity contribution in [3.63, 3.8) is 0 Å². The zero-order valence-corrected chi connectivity index (χ0v) is 7.33. The predicted molar refractivity (Wildman–Crippen MR) is 50.4 cm³/mol. The second-order valence-corrected chi connectivity index (χ2v) is 3.42. The van der Waals surface area contributed by atoms with E-state index in [2.05, 4.69) is 47.6 Å². The molecule has 1 atom stereocenters. The maximum absolute atomic E-state index is 4.21. The van der Waals surface area contributed by atoms with Gasteiger partial charge in [0.1, 0.15) is 0 Å². The third-order valence-electron chi connectivity index (χ3n) is 2.73. The maximum Gasteiger partial charge on any atom is 0.0968 e. The summed E-state index contributed by atoms with van der Waals surface area (Å²) in [6, 6.07) is 8.40. The van der Waals surface area contributed by atoms with Gasteiger partial charge < -0.3 is 0 Å². The Morgan fingerprint density at radius 2 is 2.23 bits per heavy atom. The summed E-state index contributed by atoms with van der Waals surface area (Å²) in [5.41, 5.74) is 4.89. The van der Waals surface area contributed by atoms with Crippen molar-refractivity contribution in [1.82, 2.24) is 10.2 Å². The van der Waals surface area contributed by atoms with E-state index >= 15 is 0 Å². The largest absolute Gasteiger partial charge is 0.275 e. The summed E-state index contributed by atoms with van der Waals surface area (Å²) < 4.78 is 0. The summed E-state index contributed by atoms with van der Waals surface area (Å²) >= 11 is 0. The Morgan fingerprint density at radius 1 is 1.38 bits per heavy atom. The first-order chi connectivity index (χ1) is 6.38. The SMILES string of the molecule is CC1c2[c][nH]nc2-c2ccccc21. The molecule has 3 rings (SSSR count). The summed E-state index contributed by atoms with van der Waals surface area (Å²) in [5, 5.41) is 7.00. The molecule has 1 radical (unpaired) electrons. The Bertz CT molecular complexity index is 457. The van der Waals surface area contributed by atoms with E-state index in [1.165, 1.54) is 16.7 Å². The molecule has 1 aliphatic carbocycles. The van der Waals surface area contributed by atoms with Crippen LogP contribution >= 0.6 is 0 Å². The lowest BCUT2D eigenvalue weighted by Gasteiger charge is -2.03. The Morgan fingerprint density at radius 3 is 3.15 bits per heavy atom. The van der Waals surface area contributed by atoms with Crippen LogP contribution in [-0.4, -0.2) is 10.2 Å². The van der Waals surface area contributed by atoms with Gasteiger partial charge in [-0.05, 0) is 5.56 Å². The maximum atomic E-state index is 4.21. The molecule has 0 bridgehead atoms. The van der Waals surface area contributed by atoms with Crippen molar-refractivity contribution in [2.45, 2.75) is 12.8 Å². The highest BCUT2D eigenvalue weighted by Crippen LogP contribution is 2.42. The van der Waals surface area contributed by atoms with E-state index in [-0.39, 0.29) is 0 Å². The molecule has 1 aromatic heterocycles. The Hall–Kier alpha value is -1.57. The minimum atomic E-state index is 0.435. The third-order valence-corrected chi connectivity index (χ3v) is 2.73. The fourth-order valence-corrected chi connectivity index (χ4v) is 2.03. The van der Waals surface area contributed by atoms with Gasteiger partial charge in [0.2, 0.25) is 0 Å². The van der Waals surface area contributed by atoms with Gasteiger partial charge in [-0.15, -0.1) is 0 Å². The molecule has 1 aromatic carbocycles. The van der Waals surface area contributed by atoms with Gasteiger partial charge >= 0.3 is 0 Å². The molecule has 2 nitrogen and oxygen atoms in total. The van der Waals surface area contributed by atoms with Crippen molar-refractivity contribution in [2.75, 3.05) is 0 Å². The zero-order chi connectivity index (χ0) is 8.84. The Kier molecular flexibility index (Phi) is 1.18. The number of benzene rings is 1. The van der Waals surface area contributed by atoms with Crippen molar-refractivity contribution in [2.24, 2.45) is 0 Å². The van der Waals surface area contributed by atoms with Crippen molar-refractivity contribution < 1.29 is 0 Å². The van der Waals surface area contributed by atoms with Crippen LogP contribution in [0.4, 0.5) is 0 Å². The van der Waals surface area contributed by atoms with E-state index in [1.54, 1.807) is 0 Å². The number of aromatic amines is 1. The highest BCUT2D eigenvalue weighted by molar-refractivity contribution is 5.74. The number of nitrogens with zero attached hydrogens (tertiary/aromatic N) is 1. The van der Waals surface area contributed by atoms with Crippen LogP contribution in [0.5, 0.6) is 0 Å². The quantitative estimate of drug-likeness (QED) is 0.644. The second kappa shape index (κ2) is 2.22. The number of rotatable bonds is 0. The van der Waals surface area contributed by atoms with Crippen LogP contribution in [0.15, 0.2) is 24.3 Å². The van der Waals surface area contributed by atoms with Gasteiger partial charge in [-0.25, -0.2) is 0 Å². The van der Waals surface area contributed by atoms with Crippen LogP contribution in [0.3, 0.4) is 0 Å². The normalized spacial score (nSPS) is 18.4. The fraction of sp³-hybridized carbons (Fsp3) is 0.182. The van der Waals surface area contributed by atoms with Gasteiger partial charge in [-0.2, -0.15) is 5.10 Å². The van der Waals surface area contributed by atoms with E-state index < -0.39 is 0 Å². The average molecular weight is 169 g/mol. The number of hydrogen-bond acceptors (Lipinski definition) is 1. The molecule has 1 heterocycles. The van der Waals surface area contributed by atoms with Crippen LogP contribution in [0.2, 0.25) is 0 Å². The minimum absolute atomic E-state index is 0.435. The lowest BCUT2D eigenvalue weighted by Crippen LogP contribution is -1.88. The van der Waals surface area contributed by atoms with Crippen LogP contribution in [0.1, 0.15) is 24.0 Å². The van der Waals surface area contributed by atoms with Gasteiger partial charge in [-0.1, -0.05) is 31.2 Å². The monoisotopic (exact) mass is 169 g/mol. The van der Waals surface area contributed by atoms with E-state index in [0.29, 0.717) is 5.92 Å². The fourth-order valence-electron chi connectivity index (χ4n) is 2.03. The highest BCUT2D eigenvalue weighted by atomic mass is 15.1. The highest BCUT2D eigenvalue weighted by Gasteiger charge is 2.26. The molecule has 1 aliphatic rings. The van der Waals surface area contributed by atoms with E-state index in [0.717, 1.165) is 5.69 Å². The second-order valence-electron chi connectivity index (χ2n) is 3.42. The van der Waals surface area contributed by atoms with Gasteiger partial charge in [0.15, 0.2) is 0 Å². The lowest BCUT2D eigenvalue weighted by molar-refractivity contribution is 0.949. The van der Waals surface area contributed by atoms with Gasteiger partial charge in [-0.3, -0.25) is 5.10 Å². The zero-order valence-electron chi connectivity index (χ0n) is 7.33. The Labute approximate surface area is 76.6 Å². The summed E-state index contributed by atoms with van der Waals surface area (Å²) in [7, 11) is 0. The molecule has 2 heteroatoms. The third kappa shape index (κ3) is 0.750. The van der Waals surface area contributed by atoms with Gasteiger partial charge in [0.25, 0.3) is 0 Å². The standard InChI is InChI=1S/C11H9N2/c1-7-8-4-2-3-5-9(8)11-10(7)6-12-13-11/h2-5,7H,1H3,(H,12,13). The molecule has 0 aliphatic heterocycles. The van der Waals surface area contributed by atoms with Crippen molar-refractivity contribution in [1.29, 1.82) is 0 Å². The van der Waals surface area contributed by atoms with E-state index in [1.807, 2.05) is 0 Å². The summed E-state index contributed by atoms with van der Waals surface area (Å²) in [6.07, 6.45) is 3.08. The van der Waals surface area contributed by atoms with Gasteiger partial charge in [0.05, 0.1) is 11.9 Å². The molecule has 0 fully saturated rings. The van der Waals surface area contributed by atoms with Crippen LogP contribution in [0, 0.1) is 6.20 Å². The van der Waals surface area contributed by atoms with E-state index in [4.69, 9.17) is 0 Å². The van der Waals surface area contributed by atoms with Crippen LogP contribution in [-0.2, 0) is 0 Å². The number of hydrogen-bond donors (Lipinski definition) is 1. The number of aromatic nitrogens is 2. The molecule has 63 valence electrons. The summed E-state index contributed by atoms with van der Waals surface area (Å²) in [5.74, 6) is 0.435. The molecule has 0 saturated carbocycles. The molecule has 1 unspecified atom stereocenters. The molecule has 2 aromatic rings. The number of fused-ring (bicyclic) bond motifs is 3. The topological polar surface area (TPSA) is 28.7 Å². The number of H-pyrrole nitrogens is 1. The molecule has 0 saturated heterocycles. The predicted octanol–water partition coefficient (Wildman–Crippen LogP) is 2.34. The van der Waals surface area contributed by atoms with Crippen LogP contribution in [0.25, 0.3) is 11.3 Å². The molecule has 13 heavy (non-hydrogen) atoms. The van der Waals surface area contributed by atoms with Crippen molar-refractivity contribution in [3.8, 4) is 11.3 Å². The molecular formula is C11H9N2. The molecular weight excluding hydrogens is 160 g/mol. The number of nitrogens with one attached hydrogen (secondary N) is 1. The first-order valence-electron chi connectivity index (χ1n) is 4.43. The van der Waals surface area contributed by atoms with Crippen molar-refractivity contribution in [3.05, 3.63) is 41.6 Å². The van der Waals surface area contributed by atoms with Gasteiger partial charge in [0, 0.05) is 17.0 Å². The summed E-state index contributed by atoms with van der Waals surface area (Å²) in [6.45, 7) is 2.19. The molecule has 1 N–H and O–H groups in total.